The van der Waals surface area contributed by atoms with Gasteiger partial charge in [-0.05, 0) is 43.0 Å². The van der Waals surface area contributed by atoms with Crippen LogP contribution in [0.3, 0.4) is 0 Å². The van der Waals surface area contributed by atoms with E-state index in [1.54, 1.807) is 11.3 Å². The van der Waals surface area contributed by atoms with Crippen LogP contribution in [0.2, 0.25) is 0 Å². The molecule has 2 N–H and O–H groups in total. The van der Waals surface area contributed by atoms with Crippen molar-refractivity contribution in [3.8, 4) is 0 Å². The number of hydrogen-bond donors (Lipinski definition) is 2. The maximum Gasteiger partial charge on any atom is 0.325 e. The molecule has 3 rings (SSSR count). The first-order valence-electron chi connectivity index (χ1n) is 8.41. The SMILES string of the molecule is CC(C)CCNC(=O)CN1C(=O)N[C@@]2(CCCc3sccc32)C1=O. The van der Waals surface area contributed by atoms with Crippen LogP contribution in [0, 0.1) is 5.92 Å². The number of thiophene rings is 1. The number of imide groups is 1. The van der Waals surface area contributed by atoms with Gasteiger partial charge in [-0.1, -0.05) is 13.8 Å². The van der Waals surface area contributed by atoms with Crippen molar-refractivity contribution in [3.63, 3.8) is 0 Å². The number of carbonyl (C=O) groups is 3. The number of hydrogen-bond acceptors (Lipinski definition) is 4. The quantitative estimate of drug-likeness (QED) is 0.798. The van der Waals surface area contributed by atoms with Gasteiger partial charge in [0.05, 0.1) is 0 Å². The van der Waals surface area contributed by atoms with Crippen molar-refractivity contribution in [1.29, 1.82) is 0 Å². The van der Waals surface area contributed by atoms with Crippen LogP contribution >= 0.6 is 11.3 Å². The highest BCUT2D eigenvalue weighted by Gasteiger charge is 2.54. The molecule has 1 aliphatic heterocycles. The predicted molar refractivity (Wildman–Crippen MR) is 91.6 cm³/mol. The largest absolute Gasteiger partial charge is 0.355 e. The number of urea groups is 1. The molecule has 0 bridgehead atoms. The molecular formula is C17H23N3O3S. The number of amides is 4. The predicted octanol–water partition coefficient (Wildman–Crippen LogP) is 1.99. The summed E-state index contributed by atoms with van der Waals surface area (Å²) >= 11 is 1.62. The zero-order valence-electron chi connectivity index (χ0n) is 14.1. The minimum absolute atomic E-state index is 0.218. The molecule has 1 saturated heterocycles. The van der Waals surface area contributed by atoms with Crippen LogP contribution in [0.1, 0.15) is 43.6 Å². The molecule has 1 atom stereocenters. The second-order valence-electron chi connectivity index (χ2n) is 6.87. The number of carbonyl (C=O) groups excluding carboxylic acids is 3. The minimum atomic E-state index is -0.969. The molecule has 2 aliphatic rings. The van der Waals surface area contributed by atoms with Crippen LogP contribution in [0.25, 0.3) is 0 Å². The van der Waals surface area contributed by atoms with Gasteiger partial charge in [0.2, 0.25) is 5.91 Å². The van der Waals surface area contributed by atoms with E-state index < -0.39 is 11.6 Å². The molecule has 0 saturated carbocycles. The summed E-state index contributed by atoms with van der Waals surface area (Å²) in [7, 11) is 0. The summed E-state index contributed by atoms with van der Waals surface area (Å²) in [6.45, 7) is 4.49. The first-order valence-corrected chi connectivity index (χ1v) is 9.29. The molecule has 0 radical (unpaired) electrons. The van der Waals surface area contributed by atoms with Crippen LogP contribution in [-0.4, -0.2) is 35.8 Å². The van der Waals surface area contributed by atoms with Gasteiger partial charge in [-0.3, -0.25) is 14.5 Å². The van der Waals surface area contributed by atoms with Gasteiger partial charge in [0.25, 0.3) is 5.91 Å². The van der Waals surface area contributed by atoms with E-state index in [0.717, 1.165) is 34.6 Å². The number of nitrogens with zero attached hydrogens (tertiary/aromatic N) is 1. The highest BCUT2D eigenvalue weighted by atomic mass is 32.1. The van der Waals surface area contributed by atoms with Crippen molar-refractivity contribution >= 4 is 29.2 Å². The topological polar surface area (TPSA) is 78.5 Å². The Hall–Kier alpha value is -1.89. The molecule has 1 fully saturated rings. The molecule has 2 heterocycles. The Morgan fingerprint density at radius 3 is 3.00 bits per heavy atom. The van der Waals surface area contributed by atoms with Crippen molar-refractivity contribution in [2.24, 2.45) is 5.92 Å². The van der Waals surface area contributed by atoms with E-state index in [1.165, 1.54) is 0 Å². The van der Waals surface area contributed by atoms with Crippen LogP contribution in [-0.2, 0) is 21.5 Å². The molecule has 1 aliphatic carbocycles. The Bertz CT molecular complexity index is 670. The zero-order chi connectivity index (χ0) is 17.3. The lowest BCUT2D eigenvalue weighted by Gasteiger charge is -2.31. The minimum Gasteiger partial charge on any atom is -0.355 e. The van der Waals surface area contributed by atoms with Gasteiger partial charge >= 0.3 is 6.03 Å². The van der Waals surface area contributed by atoms with E-state index in [0.29, 0.717) is 18.9 Å². The van der Waals surface area contributed by atoms with Gasteiger partial charge in [0, 0.05) is 17.0 Å². The molecule has 7 heteroatoms. The molecule has 0 unspecified atom stereocenters. The lowest BCUT2D eigenvalue weighted by molar-refractivity contribution is -0.135. The number of rotatable bonds is 5. The van der Waals surface area contributed by atoms with Crippen molar-refractivity contribution in [3.05, 3.63) is 21.9 Å². The average molecular weight is 349 g/mol. The molecule has 4 amide bonds. The van der Waals surface area contributed by atoms with Crippen molar-refractivity contribution in [2.75, 3.05) is 13.1 Å². The summed E-state index contributed by atoms with van der Waals surface area (Å²) in [6.07, 6.45) is 3.25. The first-order chi connectivity index (χ1) is 11.4. The zero-order valence-corrected chi connectivity index (χ0v) is 14.9. The Kier molecular flexibility index (Phi) is 4.62. The van der Waals surface area contributed by atoms with Gasteiger partial charge < -0.3 is 10.6 Å². The molecular weight excluding hydrogens is 326 g/mol. The van der Waals surface area contributed by atoms with E-state index in [4.69, 9.17) is 0 Å². The summed E-state index contributed by atoms with van der Waals surface area (Å²) in [5.41, 5.74) is -0.0668. The fourth-order valence-corrected chi connectivity index (χ4v) is 4.38. The second-order valence-corrected chi connectivity index (χ2v) is 7.87. The smallest absolute Gasteiger partial charge is 0.325 e. The van der Waals surface area contributed by atoms with Gasteiger partial charge in [0.15, 0.2) is 0 Å². The summed E-state index contributed by atoms with van der Waals surface area (Å²) < 4.78 is 0. The third-order valence-corrected chi connectivity index (χ3v) is 5.66. The molecule has 6 nitrogen and oxygen atoms in total. The number of aryl methyl sites for hydroxylation is 1. The van der Waals surface area contributed by atoms with Crippen molar-refractivity contribution < 1.29 is 14.4 Å². The van der Waals surface area contributed by atoms with E-state index in [9.17, 15) is 14.4 Å². The molecule has 1 spiro atoms. The van der Waals surface area contributed by atoms with E-state index >= 15 is 0 Å². The average Bonchev–Trinajstić information content (AvgIpc) is 3.08. The summed E-state index contributed by atoms with van der Waals surface area (Å²) in [5, 5.41) is 7.59. The van der Waals surface area contributed by atoms with Crippen LogP contribution in [0.15, 0.2) is 11.4 Å². The Labute approximate surface area is 145 Å². The third kappa shape index (κ3) is 2.92. The van der Waals surface area contributed by atoms with Crippen molar-refractivity contribution in [2.45, 2.75) is 45.1 Å². The second kappa shape index (κ2) is 6.55. The lowest BCUT2D eigenvalue weighted by atomic mass is 9.80. The molecule has 0 aromatic carbocycles. The Morgan fingerprint density at radius 1 is 1.46 bits per heavy atom. The van der Waals surface area contributed by atoms with Crippen molar-refractivity contribution in [1.82, 2.24) is 15.5 Å². The fraction of sp³-hybridized carbons (Fsp3) is 0.588. The lowest BCUT2D eigenvalue weighted by Crippen LogP contribution is -2.46. The molecule has 24 heavy (non-hydrogen) atoms. The van der Waals surface area contributed by atoms with Gasteiger partial charge in [-0.15, -0.1) is 11.3 Å². The summed E-state index contributed by atoms with van der Waals surface area (Å²) in [4.78, 5) is 39.5. The fourth-order valence-electron chi connectivity index (χ4n) is 3.38. The van der Waals surface area contributed by atoms with Gasteiger partial charge in [-0.2, -0.15) is 0 Å². The van der Waals surface area contributed by atoms with E-state index in [-0.39, 0.29) is 18.4 Å². The van der Waals surface area contributed by atoms with Gasteiger partial charge in [-0.25, -0.2) is 4.79 Å². The number of fused-ring (bicyclic) bond motifs is 2. The summed E-state index contributed by atoms with van der Waals surface area (Å²) in [5.74, 6) is -0.104. The third-order valence-electron chi connectivity index (χ3n) is 4.68. The number of nitrogens with one attached hydrogen (secondary N) is 2. The molecule has 1 aromatic heterocycles. The van der Waals surface area contributed by atoms with E-state index in [2.05, 4.69) is 24.5 Å². The Balaban J connectivity index is 1.71. The standard InChI is InChI=1S/C17H23N3O3S/c1-11(2)5-8-18-14(21)10-20-15(22)17(19-16(20)23)7-3-4-13-12(17)6-9-24-13/h6,9,11H,3-5,7-8,10H2,1-2H3,(H,18,21)(H,19,23)/t17-/m1/s1. The maximum atomic E-state index is 12.9. The monoisotopic (exact) mass is 349 g/mol. The van der Waals surface area contributed by atoms with E-state index in [1.807, 2.05) is 11.4 Å². The summed E-state index contributed by atoms with van der Waals surface area (Å²) in [6, 6.07) is 1.45. The van der Waals surface area contributed by atoms with Crippen LogP contribution in [0.4, 0.5) is 4.79 Å². The highest BCUT2D eigenvalue weighted by molar-refractivity contribution is 7.10. The normalized spacial score (nSPS) is 22.9. The molecule has 1 aromatic rings. The van der Waals surface area contributed by atoms with Gasteiger partial charge in [0.1, 0.15) is 12.1 Å². The van der Waals surface area contributed by atoms with Crippen LogP contribution < -0.4 is 10.6 Å². The first kappa shape index (κ1) is 17.0. The maximum absolute atomic E-state index is 12.9. The molecule has 130 valence electrons. The highest BCUT2D eigenvalue weighted by Crippen LogP contribution is 2.41. The Morgan fingerprint density at radius 2 is 2.25 bits per heavy atom. The van der Waals surface area contributed by atoms with Crippen LogP contribution in [0.5, 0.6) is 0 Å².